The van der Waals surface area contributed by atoms with Gasteiger partial charge in [-0.3, -0.25) is 10.1 Å². The van der Waals surface area contributed by atoms with Gasteiger partial charge >= 0.3 is 6.03 Å². The average molecular weight is 150 g/mol. The number of carbonyl (C=O) groups is 2. The molecule has 0 saturated heterocycles. The SMILES string of the molecule is O=C1N=C2N=NC=C2C(=O)N1. The van der Waals surface area contributed by atoms with Gasteiger partial charge in [-0.2, -0.15) is 10.1 Å². The Kier molecular flexibility index (Phi) is 0.974. The summed E-state index contributed by atoms with van der Waals surface area (Å²) in [5.74, 6) is -0.399. The first-order valence-electron chi connectivity index (χ1n) is 2.83. The molecule has 0 atom stereocenters. The minimum absolute atomic E-state index is 0.0961. The Labute approximate surface area is 60.7 Å². The number of nitrogens with one attached hydrogen (secondary N) is 1. The van der Waals surface area contributed by atoms with Crippen molar-refractivity contribution in [3.63, 3.8) is 0 Å². The average Bonchev–Trinajstić information content (AvgIpc) is 2.34. The van der Waals surface area contributed by atoms with Crippen molar-refractivity contribution in [1.82, 2.24) is 5.32 Å². The highest BCUT2D eigenvalue weighted by Crippen LogP contribution is 2.12. The second kappa shape index (κ2) is 1.82. The maximum Gasteiger partial charge on any atom is 0.349 e. The van der Waals surface area contributed by atoms with E-state index >= 15 is 0 Å². The standard InChI is InChI=1S/C5H2N4O2/c10-4-2-1-6-9-3(2)7-5(11)8-4/h1H,(H,8,10,11). The van der Waals surface area contributed by atoms with Gasteiger partial charge in [0.25, 0.3) is 5.91 Å². The summed E-state index contributed by atoms with van der Waals surface area (Å²) in [4.78, 5) is 24.9. The summed E-state index contributed by atoms with van der Waals surface area (Å²) in [6, 6.07) is -0.692. The molecule has 2 aliphatic heterocycles. The van der Waals surface area contributed by atoms with Crippen LogP contribution in [-0.4, -0.2) is 17.8 Å². The van der Waals surface area contributed by atoms with Crippen LogP contribution in [0.2, 0.25) is 0 Å². The zero-order valence-corrected chi connectivity index (χ0v) is 5.24. The monoisotopic (exact) mass is 150 g/mol. The Morgan fingerprint density at radius 3 is 3.00 bits per heavy atom. The number of urea groups is 1. The molecule has 0 bridgehead atoms. The molecule has 6 nitrogen and oxygen atoms in total. The van der Waals surface area contributed by atoms with E-state index in [0.29, 0.717) is 0 Å². The lowest BCUT2D eigenvalue weighted by Crippen LogP contribution is -2.35. The molecule has 1 N–H and O–H groups in total. The van der Waals surface area contributed by atoms with E-state index in [-0.39, 0.29) is 11.4 Å². The van der Waals surface area contributed by atoms with Gasteiger partial charge in [-0.1, -0.05) is 0 Å². The molecule has 0 radical (unpaired) electrons. The van der Waals surface area contributed by atoms with Crippen molar-refractivity contribution in [2.75, 3.05) is 0 Å². The van der Waals surface area contributed by atoms with E-state index in [9.17, 15) is 9.59 Å². The quantitative estimate of drug-likeness (QED) is 0.526. The number of hydrogen-bond acceptors (Lipinski definition) is 4. The number of carbonyl (C=O) groups excluding carboxylic acids is 2. The summed E-state index contributed by atoms with van der Waals surface area (Å²) < 4.78 is 0. The highest BCUT2D eigenvalue weighted by Gasteiger charge is 2.26. The molecule has 0 unspecified atom stereocenters. The number of nitrogens with zero attached hydrogens (tertiary/aromatic N) is 3. The first-order valence-corrected chi connectivity index (χ1v) is 2.83. The lowest BCUT2D eigenvalue weighted by molar-refractivity contribution is -0.116. The molecule has 2 heterocycles. The predicted octanol–water partition coefficient (Wildman–Crippen LogP) is -0.0156. The molecular formula is C5H2N4O2. The van der Waals surface area contributed by atoms with Crippen molar-refractivity contribution in [3.05, 3.63) is 11.8 Å². The number of aliphatic imine (C=N–C) groups is 1. The Hall–Kier alpha value is -1.85. The second-order valence-electron chi connectivity index (χ2n) is 1.95. The normalized spacial score (nSPS) is 20.7. The number of amidine groups is 1. The number of imide groups is 1. The molecular weight excluding hydrogens is 148 g/mol. The first-order chi connectivity index (χ1) is 5.27. The summed E-state index contributed by atoms with van der Waals surface area (Å²) in [5.41, 5.74) is 0.240. The zero-order chi connectivity index (χ0) is 7.84. The van der Waals surface area contributed by atoms with Crippen molar-refractivity contribution in [2.45, 2.75) is 0 Å². The van der Waals surface area contributed by atoms with Gasteiger partial charge in [-0.05, 0) is 0 Å². The van der Waals surface area contributed by atoms with Gasteiger partial charge in [-0.25, -0.2) is 4.79 Å². The van der Waals surface area contributed by atoms with Crippen molar-refractivity contribution in [3.8, 4) is 0 Å². The molecule has 2 aliphatic rings. The minimum atomic E-state index is -0.692. The number of azo groups is 1. The van der Waals surface area contributed by atoms with Crippen LogP contribution in [-0.2, 0) is 4.79 Å². The molecule has 6 heteroatoms. The van der Waals surface area contributed by atoms with Gasteiger partial charge in [0.05, 0.1) is 6.20 Å². The lowest BCUT2D eigenvalue weighted by Gasteiger charge is -2.05. The Bertz CT molecular complexity index is 338. The molecule has 11 heavy (non-hydrogen) atoms. The van der Waals surface area contributed by atoms with Crippen molar-refractivity contribution < 1.29 is 9.59 Å². The van der Waals surface area contributed by atoms with Crippen LogP contribution in [0, 0.1) is 0 Å². The van der Waals surface area contributed by atoms with E-state index in [1.54, 1.807) is 0 Å². The highest BCUT2D eigenvalue weighted by molar-refractivity contribution is 6.29. The van der Waals surface area contributed by atoms with E-state index in [0.717, 1.165) is 0 Å². The fourth-order valence-corrected chi connectivity index (χ4v) is 0.784. The van der Waals surface area contributed by atoms with Crippen molar-refractivity contribution in [2.24, 2.45) is 15.2 Å². The van der Waals surface area contributed by atoms with Crippen LogP contribution in [0.4, 0.5) is 4.79 Å². The van der Waals surface area contributed by atoms with Crippen LogP contribution >= 0.6 is 0 Å². The highest BCUT2D eigenvalue weighted by atomic mass is 16.2. The Morgan fingerprint density at radius 2 is 2.18 bits per heavy atom. The number of amides is 3. The molecule has 0 fully saturated rings. The second-order valence-corrected chi connectivity index (χ2v) is 1.95. The summed E-state index contributed by atoms with van der Waals surface area (Å²) in [6.07, 6.45) is 1.26. The van der Waals surface area contributed by atoms with Gasteiger partial charge in [0.15, 0.2) is 5.84 Å². The fraction of sp³-hybridized carbons (Fsp3) is 0. The van der Waals surface area contributed by atoms with Gasteiger partial charge in [-0.15, -0.1) is 5.11 Å². The molecule has 0 aromatic carbocycles. The molecule has 0 aromatic rings. The third kappa shape index (κ3) is 0.759. The van der Waals surface area contributed by atoms with E-state index in [2.05, 4.69) is 15.2 Å². The molecule has 3 amide bonds. The van der Waals surface area contributed by atoms with Gasteiger partial charge in [0, 0.05) is 0 Å². The third-order valence-corrected chi connectivity index (χ3v) is 1.25. The van der Waals surface area contributed by atoms with E-state index in [1.165, 1.54) is 6.20 Å². The summed E-state index contributed by atoms with van der Waals surface area (Å²) >= 11 is 0. The van der Waals surface area contributed by atoms with E-state index < -0.39 is 11.9 Å². The Balaban J connectivity index is 2.53. The van der Waals surface area contributed by atoms with Crippen LogP contribution < -0.4 is 5.32 Å². The summed E-state index contributed by atoms with van der Waals surface area (Å²) in [6.45, 7) is 0. The van der Waals surface area contributed by atoms with Crippen LogP contribution in [0.3, 0.4) is 0 Å². The molecule has 0 spiro atoms. The van der Waals surface area contributed by atoms with Gasteiger partial charge < -0.3 is 0 Å². The number of hydrogen-bond donors (Lipinski definition) is 1. The topological polar surface area (TPSA) is 83.2 Å². The van der Waals surface area contributed by atoms with Gasteiger partial charge in [0.1, 0.15) is 5.57 Å². The van der Waals surface area contributed by atoms with Crippen LogP contribution in [0.5, 0.6) is 0 Å². The molecule has 54 valence electrons. The Morgan fingerprint density at radius 1 is 1.36 bits per heavy atom. The fourth-order valence-electron chi connectivity index (χ4n) is 0.784. The summed E-state index contributed by atoms with van der Waals surface area (Å²) in [5, 5.41) is 8.89. The maximum absolute atomic E-state index is 10.9. The zero-order valence-electron chi connectivity index (χ0n) is 5.24. The minimum Gasteiger partial charge on any atom is -0.272 e. The largest absolute Gasteiger partial charge is 0.349 e. The molecule has 0 saturated carbocycles. The lowest BCUT2D eigenvalue weighted by atomic mass is 10.2. The maximum atomic E-state index is 10.9. The molecule has 0 aliphatic carbocycles. The van der Waals surface area contributed by atoms with Crippen LogP contribution in [0.1, 0.15) is 0 Å². The van der Waals surface area contributed by atoms with E-state index in [1.807, 2.05) is 5.32 Å². The van der Waals surface area contributed by atoms with Crippen LogP contribution in [0.15, 0.2) is 27.0 Å². The van der Waals surface area contributed by atoms with Crippen LogP contribution in [0.25, 0.3) is 0 Å². The van der Waals surface area contributed by atoms with Gasteiger partial charge in [0.2, 0.25) is 0 Å². The molecule has 0 aromatic heterocycles. The predicted molar refractivity (Wildman–Crippen MR) is 33.9 cm³/mol. The summed E-state index contributed by atoms with van der Waals surface area (Å²) in [7, 11) is 0. The third-order valence-electron chi connectivity index (χ3n) is 1.25. The first kappa shape index (κ1) is 5.90. The van der Waals surface area contributed by atoms with Crippen molar-refractivity contribution >= 4 is 17.8 Å². The number of rotatable bonds is 0. The number of fused-ring (bicyclic) bond motifs is 1. The smallest absolute Gasteiger partial charge is 0.272 e. The van der Waals surface area contributed by atoms with E-state index in [4.69, 9.17) is 0 Å². The van der Waals surface area contributed by atoms with Crippen molar-refractivity contribution in [1.29, 1.82) is 0 Å². The molecule has 2 rings (SSSR count).